The lowest BCUT2D eigenvalue weighted by atomic mass is 10.3. The van der Waals surface area contributed by atoms with Crippen LogP contribution in [0.15, 0.2) is 23.1 Å². The second kappa shape index (κ2) is 4.21. The molecular weight excluding hydrogens is 275 g/mol. The predicted molar refractivity (Wildman–Crippen MR) is 48.9 cm³/mol. The van der Waals surface area contributed by atoms with Crippen molar-refractivity contribution in [3.8, 4) is 5.75 Å². The molecule has 0 saturated carbocycles. The number of hydrogen-bond acceptors (Lipinski definition) is 1. The van der Waals surface area contributed by atoms with E-state index in [0.717, 1.165) is 12.1 Å². The van der Waals surface area contributed by atoms with Gasteiger partial charge in [-0.15, -0.1) is 0 Å². The first-order chi connectivity index (χ1) is 7.15. The molecule has 0 aliphatic heterocycles. The van der Waals surface area contributed by atoms with Crippen molar-refractivity contribution in [3.05, 3.63) is 23.2 Å². The lowest BCUT2D eigenvalue weighted by Crippen LogP contribution is -2.42. The maximum atomic E-state index is 12.5. The van der Waals surface area contributed by atoms with E-state index in [1.54, 1.807) is 0 Å². The van der Waals surface area contributed by atoms with Crippen LogP contribution in [0.1, 0.15) is 0 Å². The average Bonchev–Trinajstić information content (AvgIpc) is 2.10. The molecule has 16 heavy (non-hydrogen) atoms. The molecule has 0 amide bonds. The van der Waals surface area contributed by atoms with Gasteiger partial charge in [0, 0.05) is 0 Å². The molecule has 0 unspecified atom stereocenters. The lowest BCUT2D eigenvalue weighted by molar-refractivity contribution is -0.361. The molecule has 89 valence electrons. The fourth-order valence-corrected chi connectivity index (χ4v) is 1.27. The summed E-state index contributed by atoms with van der Waals surface area (Å²) in [4.78, 5) is -0.323. The van der Waals surface area contributed by atoms with Gasteiger partial charge in [0.05, 0.1) is 9.92 Å². The molecule has 0 N–H and O–H groups in total. The number of halogens is 6. The zero-order valence-corrected chi connectivity index (χ0v) is 8.89. The number of ether oxygens (including phenoxy) is 1. The van der Waals surface area contributed by atoms with Crippen molar-refractivity contribution >= 4 is 24.2 Å². The molecule has 1 nitrogen and oxygen atoms in total. The Bertz CT molecular complexity index is 372. The maximum absolute atomic E-state index is 12.5. The molecule has 8 heteroatoms. The molecule has 1 aromatic carbocycles. The zero-order chi connectivity index (χ0) is 12.6. The molecule has 1 rings (SSSR count). The minimum atomic E-state index is -5.83. The topological polar surface area (TPSA) is 9.23 Å². The smallest absolute Gasteiger partial charge is 0.423 e. The minimum absolute atomic E-state index is 0.323. The highest BCUT2D eigenvalue weighted by atomic mass is 35.5. The molecular formula is C8H3ClF5OS. The van der Waals surface area contributed by atoms with E-state index in [9.17, 15) is 22.0 Å². The molecule has 0 fully saturated rings. The normalized spacial score (nSPS) is 12.6. The summed E-state index contributed by atoms with van der Waals surface area (Å²) in [6, 6.07) is 3.53. The molecule has 0 bridgehead atoms. The van der Waals surface area contributed by atoms with E-state index >= 15 is 0 Å². The van der Waals surface area contributed by atoms with Crippen LogP contribution < -0.4 is 4.74 Å². The zero-order valence-electron chi connectivity index (χ0n) is 7.32. The quantitative estimate of drug-likeness (QED) is 0.727. The number of hydrogen-bond donors (Lipinski definition) is 0. The van der Waals surface area contributed by atoms with E-state index in [1.165, 1.54) is 6.07 Å². The van der Waals surface area contributed by atoms with Gasteiger partial charge in [-0.1, -0.05) is 30.3 Å². The lowest BCUT2D eigenvalue weighted by Gasteiger charge is -2.21. The molecule has 0 aromatic heterocycles. The molecule has 0 spiro atoms. The average molecular weight is 278 g/mol. The highest BCUT2D eigenvalue weighted by Crippen LogP contribution is 2.41. The number of rotatable bonds is 2. The van der Waals surface area contributed by atoms with Crippen molar-refractivity contribution < 1.29 is 26.7 Å². The Labute approximate surface area is 97.6 Å². The van der Waals surface area contributed by atoms with Gasteiger partial charge in [0.25, 0.3) is 0 Å². The van der Waals surface area contributed by atoms with Crippen molar-refractivity contribution in [2.75, 3.05) is 0 Å². The van der Waals surface area contributed by atoms with Gasteiger partial charge in [-0.25, -0.2) is 0 Å². The summed E-state index contributed by atoms with van der Waals surface area (Å²) in [7, 11) is 0. The van der Waals surface area contributed by atoms with Gasteiger partial charge >= 0.3 is 12.3 Å². The van der Waals surface area contributed by atoms with Crippen LogP contribution in [0, 0.1) is 0 Å². The van der Waals surface area contributed by atoms with E-state index in [-0.39, 0.29) is 4.90 Å². The summed E-state index contributed by atoms with van der Waals surface area (Å²) in [6.07, 6.45) is -11.2. The summed E-state index contributed by atoms with van der Waals surface area (Å²) >= 11 is 9.91. The van der Waals surface area contributed by atoms with Crippen molar-refractivity contribution in [2.24, 2.45) is 0 Å². The second-order valence-corrected chi connectivity index (χ2v) is 3.53. The first-order valence-electron chi connectivity index (χ1n) is 3.74. The monoisotopic (exact) mass is 277 g/mol. The molecule has 0 atom stereocenters. The van der Waals surface area contributed by atoms with Crippen LogP contribution >= 0.6 is 24.2 Å². The standard InChI is InChI=1S/C8H3ClF5OS/c9-4-2-1-3-5(16)6(4)15-8(13,14)7(10,11)12/h1-3H. The maximum Gasteiger partial charge on any atom is 0.499 e. The fourth-order valence-electron chi connectivity index (χ4n) is 0.774. The molecule has 1 radical (unpaired) electrons. The summed E-state index contributed by atoms with van der Waals surface area (Å²) in [5.74, 6) is -0.860. The van der Waals surface area contributed by atoms with Crippen molar-refractivity contribution in [3.63, 3.8) is 0 Å². The molecule has 1 aromatic rings. The Morgan fingerprint density at radius 3 is 2.12 bits per heavy atom. The van der Waals surface area contributed by atoms with Crippen LogP contribution in [0.25, 0.3) is 0 Å². The molecule has 0 aliphatic carbocycles. The third-order valence-electron chi connectivity index (χ3n) is 1.49. The number of alkyl halides is 5. The Morgan fingerprint density at radius 2 is 1.69 bits per heavy atom. The Kier molecular flexibility index (Phi) is 3.49. The van der Waals surface area contributed by atoms with E-state index in [4.69, 9.17) is 11.6 Å². The van der Waals surface area contributed by atoms with Crippen LogP contribution in [-0.2, 0) is 0 Å². The van der Waals surface area contributed by atoms with E-state index in [1.807, 2.05) is 0 Å². The summed E-state index contributed by atoms with van der Waals surface area (Å²) < 4.78 is 64.1. The third-order valence-corrected chi connectivity index (χ3v) is 2.11. The number of para-hydroxylation sites is 1. The van der Waals surface area contributed by atoms with Crippen LogP contribution in [-0.4, -0.2) is 12.3 Å². The van der Waals surface area contributed by atoms with Gasteiger partial charge in [0.15, 0.2) is 5.75 Å². The van der Waals surface area contributed by atoms with Gasteiger partial charge in [-0.05, 0) is 12.1 Å². The van der Waals surface area contributed by atoms with E-state index in [2.05, 4.69) is 17.4 Å². The van der Waals surface area contributed by atoms with Crippen LogP contribution in [0.2, 0.25) is 5.02 Å². The minimum Gasteiger partial charge on any atom is -0.423 e. The Balaban J connectivity index is 3.06. The van der Waals surface area contributed by atoms with Gasteiger partial charge in [0.2, 0.25) is 0 Å². The third kappa shape index (κ3) is 2.65. The molecule has 0 saturated heterocycles. The Hall–Kier alpha value is -0.820. The summed E-state index contributed by atoms with van der Waals surface area (Å²) in [5.41, 5.74) is 0. The first-order valence-corrected chi connectivity index (χ1v) is 4.53. The highest BCUT2D eigenvalue weighted by Gasteiger charge is 2.61. The number of benzene rings is 1. The fraction of sp³-hybridized carbons (Fsp3) is 0.250. The van der Waals surface area contributed by atoms with Gasteiger partial charge < -0.3 is 4.74 Å². The summed E-state index contributed by atoms with van der Waals surface area (Å²) in [6.45, 7) is 0. The largest absolute Gasteiger partial charge is 0.499 e. The van der Waals surface area contributed by atoms with Gasteiger partial charge in [0.1, 0.15) is 0 Å². The molecule has 0 heterocycles. The molecule has 0 aliphatic rings. The first kappa shape index (κ1) is 13.2. The van der Waals surface area contributed by atoms with E-state index in [0.29, 0.717) is 0 Å². The summed E-state index contributed by atoms with van der Waals surface area (Å²) in [5, 5.41) is -0.406. The van der Waals surface area contributed by atoms with Crippen LogP contribution in [0.4, 0.5) is 22.0 Å². The van der Waals surface area contributed by atoms with E-state index < -0.39 is 23.1 Å². The second-order valence-electron chi connectivity index (χ2n) is 2.68. The highest BCUT2D eigenvalue weighted by molar-refractivity contribution is 7.80. The van der Waals surface area contributed by atoms with Gasteiger partial charge in [-0.2, -0.15) is 22.0 Å². The van der Waals surface area contributed by atoms with Crippen LogP contribution in [0.5, 0.6) is 5.75 Å². The SMILES string of the molecule is FC(F)(F)C(F)(F)Oc1c([S])cccc1Cl. The Morgan fingerprint density at radius 1 is 1.12 bits per heavy atom. The predicted octanol–water partition coefficient (Wildman–Crippen LogP) is 4.43. The van der Waals surface area contributed by atoms with Crippen LogP contribution in [0.3, 0.4) is 0 Å². The van der Waals surface area contributed by atoms with Crippen molar-refractivity contribution in [2.45, 2.75) is 17.2 Å². The van der Waals surface area contributed by atoms with Crippen molar-refractivity contribution in [1.29, 1.82) is 0 Å². The van der Waals surface area contributed by atoms with Crippen molar-refractivity contribution in [1.82, 2.24) is 0 Å². The van der Waals surface area contributed by atoms with Gasteiger partial charge in [-0.3, -0.25) is 0 Å².